The number of carbonyl (C=O) groups is 1. The van der Waals surface area contributed by atoms with Crippen molar-refractivity contribution in [2.75, 3.05) is 13.2 Å². The number of carbonyl (C=O) groups excluding carboxylic acids is 1. The molecule has 1 unspecified atom stereocenters. The summed E-state index contributed by atoms with van der Waals surface area (Å²) in [6, 6.07) is 7.43. The molecule has 1 atom stereocenters. The van der Waals surface area contributed by atoms with Gasteiger partial charge < -0.3 is 10.1 Å². The highest BCUT2D eigenvalue weighted by Crippen LogP contribution is 2.19. The first kappa shape index (κ1) is 14.8. The molecule has 7 heteroatoms. The summed E-state index contributed by atoms with van der Waals surface area (Å²) in [5.74, 6) is 0.478. The van der Waals surface area contributed by atoms with E-state index >= 15 is 0 Å². The van der Waals surface area contributed by atoms with Gasteiger partial charge in [-0.25, -0.2) is 9.50 Å². The molecule has 4 rings (SSSR count). The highest BCUT2D eigenvalue weighted by atomic mass is 16.5. The maximum Gasteiger partial charge on any atom is 0.252 e. The van der Waals surface area contributed by atoms with Crippen molar-refractivity contribution in [3.63, 3.8) is 0 Å². The first-order valence-electron chi connectivity index (χ1n) is 7.95. The van der Waals surface area contributed by atoms with Crippen molar-refractivity contribution < 1.29 is 9.53 Å². The maximum absolute atomic E-state index is 12.2. The summed E-state index contributed by atoms with van der Waals surface area (Å²) in [5.41, 5.74) is 2.52. The summed E-state index contributed by atoms with van der Waals surface area (Å²) < 4.78 is 7.13. The number of rotatable bonds is 4. The lowest BCUT2D eigenvalue weighted by Gasteiger charge is -2.11. The third kappa shape index (κ3) is 2.98. The normalized spacial score (nSPS) is 17.2. The van der Waals surface area contributed by atoms with Crippen molar-refractivity contribution in [3.8, 4) is 11.1 Å². The molecule has 1 N–H and O–H groups in total. The summed E-state index contributed by atoms with van der Waals surface area (Å²) in [4.78, 5) is 20.5. The molecule has 24 heavy (non-hydrogen) atoms. The smallest absolute Gasteiger partial charge is 0.252 e. The number of nitrogens with one attached hydrogen (secondary N) is 1. The average molecular weight is 323 g/mol. The number of benzene rings is 1. The Morgan fingerprint density at radius 1 is 1.25 bits per heavy atom. The van der Waals surface area contributed by atoms with Gasteiger partial charge in [-0.3, -0.25) is 4.79 Å². The van der Waals surface area contributed by atoms with Gasteiger partial charge in [-0.05, 0) is 30.5 Å². The Balaban J connectivity index is 1.46. The molecule has 0 spiro atoms. The molecule has 0 saturated carbocycles. The molecule has 7 nitrogen and oxygen atoms in total. The standard InChI is InChI=1S/C17H17N5O2/c23-16(18-9-15-2-1-7-24-15)13-5-3-12(4-6-13)14-8-19-17-20-11-21-22(17)10-14/h3-6,8,10-11,15H,1-2,7,9H2,(H,18,23). The van der Waals surface area contributed by atoms with Gasteiger partial charge in [0.15, 0.2) is 0 Å². The van der Waals surface area contributed by atoms with Crippen molar-refractivity contribution in [2.45, 2.75) is 18.9 Å². The Morgan fingerprint density at radius 2 is 2.12 bits per heavy atom. The van der Waals surface area contributed by atoms with Gasteiger partial charge in [0, 0.05) is 36.7 Å². The molecule has 1 aromatic carbocycles. The van der Waals surface area contributed by atoms with Gasteiger partial charge in [0.05, 0.1) is 6.10 Å². The molecule has 122 valence electrons. The third-order valence-electron chi connectivity index (χ3n) is 4.13. The van der Waals surface area contributed by atoms with Crippen LogP contribution in [0.4, 0.5) is 0 Å². The fraction of sp³-hybridized carbons (Fsp3) is 0.294. The van der Waals surface area contributed by atoms with Crippen LogP contribution < -0.4 is 5.32 Å². The first-order chi connectivity index (χ1) is 11.8. The molecule has 0 aliphatic carbocycles. The van der Waals surface area contributed by atoms with Crippen molar-refractivity contribution >= 4 is 11.7 Å². The van der Waals surface area contributed by atoms with E-state index in [2.05, 4.69) is 20.4 Å². The van der Waals surface area contributed by atoms with Crippen molar-refractivity contribution in [1.29, 1.82) is 0 Å². The van der Waals surface area contributed by atoms with Crippen LogP contribution in [0.15, 0.2) is 43.0 Å². The number of ether oxygens (including phenoxy) is 1. The van der Waals surface area contributed by atoms with Crippen LogP contribution in [0.1, 0.15) is 23.2 Å². The summed E-state index contributed by atoms with van der Waals surface area (Å²) in [6.45, 7) is 1.35. The molecule has 1 amide bonds. The van der Waals surface area contributed by atoms with E-state index in [-0.39, 0.29) is 12.0 Å². The minimum atomic E-state index is -0.0816. The van der Waals surface area contributed by atoms with Crippen LogP contribution in [0.3, 0.4) is 0 Å². The zero-order valence-electron chi connectivity index (χ0n) is 13.1. The molecule has 1 aliphatic heterocycles. The minimum absolute atomic E-state index is 0.0816. The maximum atomic E-state index is 12.2. The predicted octanol–water partition coefficient (Wildman–Crippen LogP) is 1.70. The van der Waals surface area contributed by atoms with E-state index in [1.807, 2.05) is 30.5 Å². The molecule has 3 aromatic rings. The van der Waals surface area contributed by atoms with Crippen LogP contribution in [0, 0.1) is 0 Å². The number of fused-ring (bicyclic) bond motifs is 1. The molecule has 1 saturated heterocycles. The van der Waals surface area contributed by atoms with Crippen LogP contribution in [0.5, 0.6) is 0 Å². The van der Waals surface area contributed by atoms with E-state index in [0.29, 0.717) is 17.9 Å². The average Bonchev–Trinajstić information content (AvgIpc) is 3.30. The molecular weight excluding hydrogens is 306 g/mol. The van der Waals surface area contributed by atoms with Crippen LogP contribution in [0.25, 0.3) is 16.9 Å². The molecule has 1 fully saturated rings. The lowest BCUT2D eigenvalue weighted by molar-refractivity contribution is 0.0858. The predicted molar refractivity (Wildman–Crippen MR) is 87.5 cm³/mol. The number of hydrogen-bond acceptors (Lipinski definition) is 5. The van der Waals surface area contributed by atoms with Gasteiger partial charge >= 0.3 is 0 Å². The molecule has 0 radical (unpaired) electrons. The van der Waals surface area contributed by atoms with E-state index < -0.39 is 0 Å². The van der Waals surface area contributed by atoms with Gasteiger partial charge in [-0.15, -0.1) is 0 Å². The molecule has 2 aromatic heterocycles. The molecular formula is C17H17N5O2. The van der Waals surface area contributed by atoms with Gasteiger partial charge in [-0.1, -0.05) is 12.1 Å². The molecule has 0 bridgehead atoms. The van der Waals surface area contributed by atoms with E-state index in [1.54, 1.807) is 10.7 Å². The van der Waals surface area contributed by atoms with Crippen LogP contribution in [0.2, 0.25) is 0 Å². The second-order valence-electron chi connectivity index (χ2n) is 5.77. The number of amides is 1. The van der Waals surface area contributed by atoms with Crippen LogP contribution in [-0.4, -0.2) is 44.7 Å². The van der Waals surface area contributed by atoms with Crippen LogP contribution in [-0.2, 0) is 4.74 Å². The van der Waals surface area contributed by atoms with Crippen molar-refractivity contribution in [3.05, 3.63) is 48.5 Å². The summed E-state index contributed by atoms with van der Waals surface area (Å²) in [5, 5.41) is 7.00. The van der Waals surface area contributed by atoms with Gasteiger partial charge in [0.2, 0.25) is 0 Å². The summed E-state index contributed by atoms with van der Waals surface area (Å²) >= 11 is 0. The second-order valence-corrected chi connectivity index (χ2v) is 5.77. The Kier molecular flexibility index (Phi) is 3.92. The van der Waals surface area contributed by atoms with Crippen molar-refractivity contribution in [1.82, 2.24) is 24.9 Å². The topological polar surface area (TPSA) is 81.4 Å². The largest absolute Gasteiger partial charge is 0.376 e. The Bertz CT molecular complexity index is 853. The monoisotopic (exact) mass is 323 g/mol. The molecule has 3 heterocycles. The summed E-state index contributed by atoms with van der Waals surface area (Å²) in [7, 11) is 0. The van der Waals surface area contributed by atoms with E-state index in [4.69, 9.17) is 4.74 Å². The lowest BCUT2D eigenvalue weighted by Crippen LogP contribution is -2.31. The minimum Gasteiger partial charge on any atom is -0.376 e. The third-order valence-corrected chi connectivity index (χ3v) is 4.13. The lowest BCUT2D eigenvalue weighted by atomic mass is 10.1. The van der Waals surface area contributed by atoms with Gasteiger partial charge in [-0.2, -0.15) is 10.1 Å². The van der Waals surface area contributed by atoms with Crippen molar-refractivity contribution in [2.24, 2.45) is 0 Å². The SMILES string of the molecule is O=C(NCC1CCCO1)c1ccc(-c2cnc3ncnn3c2)cc1. The highest BCUT2D eigenvalue weighted by Gasteiger charge is 2.16. The zero-order valence-corrected chi connectivity index (χ0v) is 13.1. The quantitative estimate of drug-likeness (QED) is 0.790. The van der Waals surface area contributed by atoms with Crippen LogP contribution >= 0.6 is 0 Å². The fourth-order valence-corrected chi connectivity index (χ4v) is 2.80. The second kappa shape index (κ2) is 6.37. The van der Waals surface area contributed by atoms with E-state index in [9.17, 15) is 4.79 Å². The Labute approximate surface area is 138 Å². The molecule has 1 aliphatic rings. The zero-order chi connectivity index (χ0) is 16.4. The fourth-order valence-electron chi connectivity index (χ4n) is 2.80. The number of nitrogens with zero attached hydrogens (tertiary/aromatic N) is 4. The number of hydrogen-bond donors (Lipinski definition) is 1. The van der Waals surface area contributed by atoms with E-state index in [0.717, 1.165) is 30.6 Å². The van der Waals surface area contributed by atoms with Gasteiger partial charge in [0.1, 0.15) is 6.33 Å². The Hall–Kier alpha value is -2.80. The first-order valence-corrected chi connectivity index (χ1v) is 7.95. The summed E-state index contributed by atoms with van der Waals surface area (Å²) in [6.07, 6.45) is 7.30. The van der Waals surface area contributed by atoms with Gasteiger partial charge in [0.25, 0.3) is 11.7 Å². The van der Waals surface area contributed by atoms with E-state index in [1.165, 1.54) is 6.33 Å². The Morgan fingerprint density at radius 3 is 2.92 bits per heavy atom. The number of aromatic nitrogens is 4. The highest BCUT2D eigenvalue weighted by molar-refractivity contribution is 5.94.